The fourth-order valence-corrected chi connectivity index (χ4v) is 2.43. The summed E-state index contributed by atoms with van der Waals surface area (Å²) in [6, 6.07) is 6.63. The number of carbonyl (C=O) groups is 2. The second-order valence-corrected chi connectivity index (χ2v) is 4.94. The molecule has 5 nitrogen and oxygen atoms in total. The van der Waals surface area contributed by atoms with Crippen molar-refractivity contribution < 1.29 is 19.8 Å². The van der Waals surface area contributed by atoms with Crippen LogP contribution in [0, 0.1) is 5.92 Å². The van der Waals surface area contributed by atoms with E-state index in [1.165, 1.54) is 0 Å². The van der Waals surface area contributed by atoms with Gasteiger partial charge in [-0.15, -0.1) is 0 Å². The van der Waals surface area contributed by atoms with Gasteiger partial charge in [-0.1, -0.05) is 12.1 Å². The van der Waals surface area contributed by atoms with Gasteiger partial charge in [0.15, 0.2) is 0 Å². The predicted molar refractivity (Wildman–Crippen MR) is 68.8 cm³/mol. The summed E-state index contributed by atoms with van der Waals surface area (Å²) in [6.07, 6.45) is 1.11. The van der Waals surface area contributed by atoms with Crippen LogP contribution < -0.4 is 0 Å². The fraction of sp³-hybridized carbons (Fsp3) is 0.429. The molecule has 19 heavy (non-hydrogen) atoms. The Labute approximate surface area is 111 Å². The van der Waals surface area contributed by atoms with E-state index in [2.05, 4.69) is 0 Å². The summed E-state index contributed by atoms with van der Waals surface area (Å²) in [5, 5.41) is 18.1. The zero-order valence-electron chi connectivity index (χ0n) is 10.6. The van der Waals surface area contributed by atoms with Crippen molar-refractivity contribution in [2.45, 2.75) is 19.3 Å². The molecule has 1 amide bonds. The summed E-state index contributed by atoms with van der Waals surface area (Å²) >= 11 is 0. The first-order valence-corrected chi connectivity index (χ1v) is 6.32. The Bertz CT molecular complexity index is 486. The molecule has 1 atom stereocenters. The molecule has 1 heterocycles. The topological polar surface area (TPSA) is 77.8 Å². The lowest BCUT2D eigenvalue weighted by atomic mass is 10.1. The standard InChI is InChI=1S/C14H17NO4/c16-12-3-1-2-10(6-12)7-13(17)15-5-4-11(9-15)8-14(18)19/h1-3,6,11,16H,4-5,7-9H2,(H,18,19). The van der Waals surface area contributed by atoms with Crippen LogP contribution in [0.15, 0.2) is 24.3 Å². The molecule has 1 fully saturated rings. The molecule has 102 valence electrons. The highest BCUT2D eigenvalue weighted by molar-refractivity contribution is 5.79. The monoisotopic (exact) mass is 263 g/mol. The third-order valence-corrected chi connectivity index (χ3v) is 3.37. The molecule has 1 aromatic rings. The molecule has 1 unspecified atom stereocenters. The third kappa shape index (κ3) is 3.71. The van der Waals surface area contributed by atoms with E-state index in [4.69, 9.17) is 5.11 Å². The number of phenols is 1. The van der Waals surface area contributed by atoms with Crippen LogP contribution in [0.4, 0.5) is 0 Å². The number of amides is 1. The lowest BCUT2D eigenvalue weighted by Gasteiger charge is -2.16. The van der Waals surface area contributed by atoms with Crippen molar-refractivity contribution in [3.05, 3.63) is 29.8 Å². The number of benzene rings is 1. The number of rotatable bonds is 4. The van der Waals surface area contributed by atoms with E-state index in [0.29, 0.717) is 13.1 Å². The maximum Gasteiger partial charge on any atom is 0.303 e. The first-order valence-electron chi connectivity index (χ1n) is 6.32. The minimum atomic E-state index is -0.813. The Morgan fingerprint density at radius 3 is 2.84 bits per heavy atom. The smallest absolute Gasteiger partial charge is 0.303 e. The second kappa shape index (κ2) is 5.73. The summed E-state index contributed by atoms with van der Waals surface area (Å²) in [7, 11) is 0. The first kappa shape index (κ1) is 13.4. The van der Waals surface area contributed by atoms with E-state index in [1.807, 2.05) is 0 Å². The van der Waals surface area contributed by atoms with E-state index in [1.54, 1.807) is 29.2 Å². The number of hydrogen-bond donors (Lipinski definition) is 2. The quantitative estimate of drug-likeness (QED) is 0.857. The number of aliphatic carboxylic acids is 1. The zero-order valence-corrected chi connectivity index (χ0v) is 10.6. The molecule has 1 aliphatic heterocycles. The number of nitrogens with zero attached hydrogens (tertiary/aromatic N) is 1. The van der Waals surface area contributed by atoms with Crippen molar-refractivity contribution in [1.29, 1.82) is 0 Å². The Kier molecular flexibility index (Phi) is 4.04. The molecule has 5 heteroatoms. The normalized spacial score (nSPS) is 18.5. The molecule has 0 saturated carbocycles. The molecule has 0 aliphatic carbocycles. The number of phenolic OH excluding ortho intramolecular Hbond substituents is 1. The lowest BCUT2D eigenvalue weighted by Crippen LogP contribution is -2.30. The zero-order chi connectivity index (χ0) is 13.8. The van der Waals surface area contributed by atoms with Gasteiger partial charge in [-0.3, -0.25) is 9.59 Å². The third-order valence-electron chi connectivity index (χ3n) is 3.37. The van der Waals surface area contributed by atoms with Gasteiger partial charge in [-0.2, -0.15) is 0 Å². The number of aromatic hydroxyl groups is 1. The van der Waals surface area contributed by atoms with Crippen LogP contribution in [-0.2, 0) is 16.0 Å². The average Bonchev–Trinajstić information content (AvgIpc) is 2.76. The molecule has 1 saturated heterocycles. The molecule has 0 spiro atoms. The number of carboxylic acid groups (broad SMARTS) is 1. The van der Waals surface area contributed by atoms with E-state index in [-0.39, 0.29) is 30.4 Å². The molecule has 1 aliphatic rings. The van der Waals surface area contributed by atoms with E-state index in [0.717, 1.165) is 12.0 Å². The van der Waals surface area contributed by atoms with Crippen molar-refractivity contribution in [2.75, 3.05) is 13.1 Å². The van der Waals surface area contributed by atoms with Crippen molar-refractivity contribution in [1.82, 2.24) is 4.90 Å². The van der Waals surface area contributed by atoms with Crippen LogP contribution in [0.1, 0.15) is 18.4 Å². The Hall–Kier alpha value is -2.04. The van der Waals surface area contributed by atoms with E-state index in [9.17, 15) is 14.7 Å². The van der Waals surface area contributed by atoms with Gasteiger partial charge in [0.25, 0.3) is 0 Å². The highest BCUT2D eigenvalue weighted by Gasteiger charge is 2.27. The Balaban J connectivity index is 1.89. The number of carboxylic acids is 1. The van der Waals surface area contributed by atoms with Gasteiger partial charge in [0.1, 0.15) is 5.75 Å². The summed E-state index contributed by atoms with van der Waals surface area (Å²) in [5.74, 6) is -0.619. The van der Waals surface area contributed by atoms with Crippen LogP contribution in [-0.4, -0.2) is 40.1 Å². The summed E-state index contributed by atoms with van der Waals surface area (Å²) in [5.41, 5.74) is 0.770. The second-order valence-electron chi connectivity index (χ2n) is 4.94. The molecule has 2 N–H and O–H groups in total. The van der Waals surface area contributed by atoms with Gasteiger partial charge < -0.3 is 15.1 Å². The maximum absolute atomic E-state index is 12.1. The average molecular weight is 263 g/mol. The van der Waals surface area contributed by atoms with Gasteiger partial charge in [-0.25, -0.2) is 0 Å². The van der Waals surface area contributed by atoms with Gasteiger partial charge >= 0.3 is 5.97 Å². The van der Waals surface area contributed by atoms with Crippen LogP contribution >= 0.6 is 0 Å². The number of carbonyl (C=O) groups excluding carboxylic acids is 1. The SMILES string of the molecule is O=C(O)CC1CCN(C(=O)Cc2cccc(O)c2)C1. The fourth-order valence-electron chi connectivity index (χ4n) is 2.43. The Morgan fingerprint density at radius 1 is 1.37 bits per heavy atom. The van der Waals surface area contributed by atoms with Crippen LogP contribution in [0.5, 0.6) is 5.75 Å². The van der Waals surface area contributed by atoms with Gasteiger partial charge in [-0.05, 0) is 30.0 Å². The molecule has 0 bridgehead atoms. The summed E-state index contributed by atoms with van der Waals surface area (Å²) in [6.45, 7) is 1.14. The van der Waals surface area contributed by atoms with Gasteiger partial charge in [0.05, 0.1) is 6.42 Å². The highest BCUT2D eigenvalue weighted by Crippen LogP contribution is 2.21. The van der Waals surface area contributed by atoms with E-state index < -0.39 is 5.97 Å². The van der Waals surface area contributed by atoms with E-state index >= 15 is 0 Å². The minimum absolute atomic E-state index is 0.0153. The van der Waals surface area contributed by atoms with Crippen molar-refractivity contribution in [3.8, 4) is 5.75 Å². The summed E-state index contributed by atoms with van der Waals surface area (Å²) < 4.78 is 0. The van der Waals surface area contributed by atoms with Gasteiger partial charge in [0, 0.05) is 19.5 Å². The molecular formula is C14H17NO4. The van der Waals surface area contributed by atoms with Crippen molar-refractivity contribution in [3.63, 3.8) is 0 Å². The largest absolute Gasteiger partial charge is 0.508 e. The van der Waals surface area contributed by atoms with Crippen LogP contribution in [0.25, 0.3) is 0 Å². The highest BCUT2D eigenvalue weighted by atomic mass is 16.4. The predicted octanol–water partition coefficient (Wildman–Crippen LogP) is 1.26. The molecular weight excluding hydrogens is 246 g/mol. The van der Waals surface area contributed by atoms with Crippen LogP contribution in [0.3, 0.4) is 0 Å². The van der Waals surface area contributed by atoms with Crippen LogP contribution in [0.2, 0.25) is 0 Å². The molecule has 2 rings (SSSR count). The Morgan fingerprint density at radius 2 is 2.16 bits per heavy atom. The molecule has 0 radical (unpaired) electrons. The molecule has 0 aromatic heterocycles. The summed E-state index contributed by atoms with van der Waals surface area (Å²) in [4.78, 5) is 24.4. The minimum Gasteiger partial charge on any atom is -0.508 e. The van der Waals surface area contributed by atoms with Crippen molar-refractivity contribution >= 4 is 11.9 Å². The lowest BCUT2D eigenvalue weighted by molar-refractivity contribution is -0.138. The van der Waals surface area contributed by atoms with Gasteiger partial charge in [0.2, 0.25) is 5.91 Å². The molecule has 1 aromatic carbocycles. The maximum atomic E-state index is 12.1. The first-order chi connectivity index (χ1) is 9.04. The van der Waals surface area contributed by atoms with Crippen molar-refractivity contribution in [2.24, 2.45) is 5.92 Å². The number of hydrogen-bond acceptors (Lipinski definition) is 3. The number of likely N-dealkylation sites (tertiary alicyclic amines) is 1.